The predicted molar refractivity (Wildman–Crippen MR) is 130 cm³/mol. The molecule has 4 bridgehead atoms. The first-order valence-corrected chi connectivity index (χ1v) is 13.2. The van der Waals surface area contributed by atoms with Gasteiger partial charge in [0.15, 0.2) is 0 Å². The molecule has 1 amide bonds. The predicted octanol–water partition coefficient (Wildman–Crippen LogP) is 7.06. The van der Waals surface area contributed by atoms with Crippen molar-refractivity contribution in [2.45, 2.75) is 69.1 Å². The van der Waals surface area contributed by atoms with Crippen molar-refractivity contribution in [1.29, 1.82) is 0 Å². The average Bonchev–Trinajstić information content (AvgIpc) is 3.14. The van der Waals surface area contributed by atoms with Crippen LogP contribution < -0.4 is 4.90 Å². The van der Waals surface area contributed by atoms with Crippen LogP contribution in [-0.2, 0) is 10.2 Å². The van der Waals surface area contributed by atoms with Gasteiger partial charge in [0.1, 0.15) is 5.37 Å². The Kier molecular flexibility index (Phi) is 4.75. The molecule has 2 aromatic rings. The lowest BCUT2D eigenvalue weighted by Crippen LogP contribution is -2.48. The van der Waals surface area contributed by atoms with Gasteiger partial charge in [0.25, 0.3) is 0 Å². The number of thioether (sulfide) groups is 1. The van der Waals surface area contributed by atoms with Crippen LogP contribution in [-0.4, -0.2) is 11.7 Å². The molecule has 2 aromatic carbocycles. The van der Waals surface area contributed by atoms with Gasteiger partial charge < -0.3 is 0 Å². The van der Waals surface area contributed by atoms with Crippen LogP contribution in [0.3, 0.4) is 0 Å². The standard InChI is InChI=1S/C28H33NOS/c1-18(2)22-3-5-23(6-4-22)27-29(26(30)17-31-27)25-9-7-24(8-10-25)28-14-19-11-20(15-28)13-21(12-19)16-28/h3-10,18-21,27H,11-17H2,1-2H3. The Bertz CT molecular complexity index is 942. The molecule has 1 atom stereocenters. The minimum Gasteiger partial charge on any atom is -0.295 e. The number of benzene rings is 2. The fraction of sp³-hybridized carbons (Fsp3) is 0.536. The normalized spacial score (nSPS) is 34.2. The third kappa shape index (κ3) is 3.35. The van der Waals surface area contributed by atoms with E-state index in [1.807, 2.05) is 4.90 Å². The van der Waals surface area contributed by atoms with Crippen LogP contribution in [0.15, 0.2) is 48.5 Å². The summed E-state index contributed by atoms with van der Waals surface area (Å²) in [5.74, 6) is 4.19. The highest BCUT2D eigenvalue weighted by Crippen LogP contribution is 2.60. The molecular weight excluding hydrogens is 398 g/mol. The van der Waals surface area contributed by atoms with E-state index in [9.17, 15) is 4.79 Å². The number of carbonyl (C=O) groups excluding carboxylic acids is 1. The minimum absolute atomic E-state index is 0.0825. The van der Waals surface area contributed by atoms with E-state index < -0.39 is 0 Å². The van der Waals surface area contributed by atoms with Gasteiger partial charge in [-0.1, -0.05) is 50.2 Å². The van der Waals surface area contributed by atoms with Crippen LogP contribution >= 0.6 is 11.8 Å². The quantitative estimate of drug-likeness (QED) is 0.516. The largest absolute Gasteiger partial charge is 0.295 e. The maximum atomic E-state index is 12.8. The Balaban J connectivity index is 1.27. The molecule has 5 aliphatic rings. The Morgan fingerprint density at radius 2 is 1.45 bits per heavy atom. The first-order valence-electron chi connectivity index (χ1n) is 12.1. The van der Waals surface area contributed by atoms with E-state index in [0.717, 1.165) is 23.4 Å². The second-order valence-corrected chi connectivity index (χ2v) is 12.1. The number of nitrogens with zero attached hydrogens (tertiary/aromatic N) is 1. The second-order valence-electron chi connectivity index (χ2n) is 11.0. The molecular formula is C28H33NOS. The molecule has 1 aliphatic heterocycles. The summed E-state index contributed by atoms with van der Waals surface area (Å²) in [4.78, 5) is 14.9. The van der Waals surface area contributed by atoms with E-state index in [4.69, 9.17) is 0 Å². The van der Waals surface area contributed by atoms with Crippen LogP contribution in [0, 0.1) is 17.8 Å². The fourth-order valence-electron chi connectivity index (χ4n) is 7.44. The van der Waals surface area contributed by atoms with Gasteiger partial charge in [0, 0.05) is 5.69 Å². The Morgan fingerprint density at radius 1 is 0.871 bits per heavy atom. The van der Waals surface area contributed by atoms with Gasteiger partial charge in [-0.3, -0.25) is 9.69 Å². The van der Waals surface area contributed by atoms with Crippen molar-refractivity contribution in [3.05, 3.63) is 65.2 Å². The van der Waals surface area contributed by atoms with Crippen molar-refractivity contribution in [1.82, 2.24) is 0 Å². The van der Waals surface area contributed by atoms with E-state index in [1.165, 1.54) is 55.2 Å². The zero-order valence-electron chi connectivity index (χ0n) is 18.7. The maximum Gasteiger partial charge on any atom is 0.238 e. The summed E-state index contributed by atoms with van der Waals surface area (Å²) < 4.78 is 0. The van der Waals surface area contributed by atoms with Crippen molar-refractivity contribution < 1.29 is 4.79 Å². The van der Waals surface area contributed by atoms with E-state index in [1.54, 1.807) is 11.8 Å². The zero-order chi connectivity index (χ0) is 21.2. The van der Waals surface area contributed by atoms with Gasteiger partial charge >= 0.3 is 0 Å². The third-order valence-electron chi connectivity index (χ3n) is 8.55. The molecule has 162 valence electrons. The summed E-state index contributed by atoms with van der Waals surface area (Å²) in [7, 11) is 0. The lowest BCUT2D eigenvalue weighted by Gasteiger charge is -2.57. The van der Waals surface area contributed by atoms with E-state index >= 15 is 0 Å². The smallest absolute Gasteiger partial charge is 0.238 e. The summed E-state index contributed by atoms with van der Waals surface area (Å²) in [6, 6.07) is 18.0. The molecule has 7 rings (SSSR count). The van der Waals surface area contributed by atoms with Gasteiger partial charge in [-0.15, -0.1) is 11.8 Å². The molecule has 2 nitrogen and oxygen atoms in total. The maximum absolute atomic E-state index is 12.8. The first-order chi connectivity index (χ1) is 15.0. The van der Waals surface area contributed by atoms with Gasteiger partial charge in [-0.05, 0) is 96.4 Å². The zero-order valence-corrected chi connectivity index (χ0v) is 19.5. The van der Waals surface area contributed by atoms with Crippen molar-refractivity contribution in [2.75, 3.05) is 10.7 Å². The summed E-state index contributed by atoms with van der Waals surface area (Å²) in [5.41, 5.74) is 5.59. The number of hydrogen-bond acceptors (Lipinski definition) is 2. The topological polar surface area (TPSA) is 20.3 Å². The third-order valence-corrected chi connectivity index (χ3v) is 9.76. The SMILES string of the molecule is CC(C)c1ccc(C2SCC(=O)N2c2ccc(C34CC5CC(CC(C5)C3)C4)cc2)cc1. The molecule has 0 radical (unpaired) electrons. The van der Waals surface area contributed by atoms with Gasteiger partial charge in [0.2, 0.25) is 5.91 Å². The van der Waals surface area contributed by atoms with Crippen LogP contribution in [0.2, 0.25) is 0 Å². The number of rotatable bonds is 4. The number of hydrogen-bond donors (Lipinski definition) is 0. The number of anilines is 1. The summed E-state index contributed by atoms with van der Waals surface area (Å²) in [6.45, 7) is 4.45. The first kappa shape index (κ1) is 19.9. The van der Waals surface area contributed by atoms with Gasteiger partial charge in [0.05, 0.1) is 5.75 Å². The highest BCUT2D eigenvalue weighted by molar-refractivity contribution is 8.00. The van der Waals surface area contributed by atoms with Crippen LogP contribution in [0.25, 0.3) is 0 Å². The fourth-order valence-corrected chi connectivity index (χ4v) is 8.61. The molecule has 1 unspecified atom stereocenters. The Hall–Kier alpha value is -1.74. The summed E-state index contributed by atoms with van der Waals surface area (Å²) in [6.07, 6.45) is 8.61. The molecule has 3 heteroatoms. The van der Waals surface area contributed by atoms with Crippen LogP contribution in [0.5, 0.6) is 0 Å². The average molecular weight is 432 g/mol. The molecule has 31 heavy (non-hydrogen) atoms. The molecule has 0 aromatic heterocycles. The lowest BCUT2D eigenvalue weighted by molar-refractivity contribution is -0.115. The van der Waals surface area contributed by atoms with Crippen LogP contribution in [0.1, 0.15) is 80.4 Å². The molecule has 0 spiro atoms. The molecule has 1 saturated heterocycles. The van der Waals surface area contributed by atoms with Crippen LogP contribution in [0.4, 0.5) is 5.69 Å². The molecule has 0 N–H and O–H groups in total. The van der Waals surface area contributed by atoms with E-state index in [-0.39, 0.29) is 11.3 Å². The van der Waals surface area contributed by atoms with Gasteiger partial charge in [-0.25, -0.2) is 0 Å². The second kappa shape index (κ2) is 7.40. The lowest BCUT2D eigenvalue weighted by atomic mass is 9.48. The molecule has 4 saturated carbocycles. The number of amides is 1. The summed E-state index contributed by atoms with van der Waals surface area (Å²) in [5, 5.41) is 0.0825. The molecule has 1 heterocycles. The van der Waals surface area contributed by atoms with Crippen molar-refractivity contribution in [2.24, 2.45) is 17.8 Å². The van der Waals surface area contributed by atoms with E-state index in [2.05, 4.69) is 62.4 Å². The summed E-state index contributed by atoms with van der Waals surface area (Å²) >= 11 is 1.75. The molecule has 4 aliphatic carbocycles. The highest BCUT2D eigenvalue weighted by Gasteiger charge is 2.51. The molecule has 5 fully saturated rings. The Labute approximate surface area is 190 Å². The van der Waals surface area contributed by atoms with Crippen molar-refractivity contribution in [3.8, 4) is 0 Å². The Morgan fingerprint density at radius 3 is 2.00 bits per heavy atom. The van der Waals surface area contributed by atoms with E-state index in [0.29, 0.717) is 17.1 Å². The number of carbonyl (C=O) groups is 1. The van der Waals surface area contributed by atoms with Gasteiger partial charge in [-0.2, -0.15) is 0 Å². The monoisotopic (exact) mass is 431 g/mol. The van der Waals surface area contributed by atoms with Crippen molar-refractivity contribution >= 4 is 23.4 Å². The minimum atomic E-state index is 0.0825. The van der Waals surface area contributed by atoms with Crippen molar-refractivity contribution in [3.63, 3.8) is 0 Å². The highest BCUT2D eigenvalue weighted by atomic mass is 32.2.